The van der Waals surface area contributed by atoms with Gasteiger partial charge in [0.15, 0.2) is 5.96 Å². The van der Waals surface area contributed by atoms with Crippen molar-refractivity contribution in [2.75, 3.05) is 27.2 Å². The number of nitrogens with zero attached hydrogens (tertiary/aromatic N) is 3. The number of hydrogen-bond acceptors (Lipinski definition) is 4. The van der Waals surface area contributed by atoms with Gasteiger partial charge in [-0.1, -0.05) is 18.2 Å². The average molecular weight is 372 g/mol. The molecule has 6 nitrogen and oxygen atoms in total. The third-order valence-electron chi connectivity index (χ3n) is 4.49. The second-order valence-electron chi connectivity index (χ2n) is 6.46. The summed E-state index contributed by atoms with van der Waals surface area (Å²) in [6.07, 6.45) is 1.59. The molecule has 144 valence electrons. The zero-order chi connectivity index (χ0) is 19.2. The van der Waals surface area contributed by atoms with E-state index >= 15 is 0 Å². The minimum absolute atomic E-state index is 0.0280. The van der Waals surface area contributed by atoms with Crippen LogP contribution in [0.25, 0.3) is 0 Å². The molecule has 2 heterocycles. The monoisotopic (exact) mass is 372 g/mol. The minimum atomic E-state index is -0.248. The van der Waals surface area contributed by atoms with Gasteiger partial charge >= 0.3 is 0 Å². The summed E-state index contributed by atoms with van der Waals surface area (Å²) in [6.45, 7) is 3.94. The number of rotatable bonds is 4. The number of aliphatic imine (C=N–C) groups is 1. The highest BCUT2D eigenvalue weighted by atomic mass is 19.1. The maximum Gasteiger partial charge on any atom is 0.218 e. The van der Waals surface area contributed by atoms with Crippen LogP contribution in [0.5, 0.6) is 5.88 Å². The van der Waals surface area contributed by atoms with Crippen LogP contribution in [0.3, 0.4) is 0 Å². The van der Waals surface area contributed by atoms with E-state index in [1.807, 2.05) is 19.1 Å². The fourth-order valence-corrected chi connectivity index (χ4v) is 3.23. The Balaban J connectivity index is 1.69. The molecule has 1 aromatic carbocycles. The molecule has 2 unspecified atom stereocenters. The Bertz CT molecular complexity index is 782. The Kier molecular flexibility index (Phi) is 6.24. The number of morpholine rings is 1. The van der Waals surface area contributed by atoms with Crippen LogP contribution in [0.15, 0.2) is 47.6 Å². The van der Waals surface area contributed by atoms with Crippen molar-refractivity contribution in [3.8, 4) is 5.88 Å². The standard InChI is InChI=1S/C20H25FN4O2/c1-14-12-25(13-18(27-14)15-6-8-17(21)9-7-15)20(22-2)24-11-16-5-4-10-23-19(16)26-3/h4-10,14,18H,11-13H2,1-3H3,(H,22,24). The molecule has 0 aliphatic carbocycles. The fourth-order valence-electron chi connectivity index (χ4n) is 3.23. The molecule has 0 saturated carbocycles. The lowest BCUT2D eigenvalue weighted by Gasteiger charge is -2.38. The number of methoxy groups -OCH3 is 1. The molecule has 1 fully saturated rings. The van der Waals surface area contributed by atoms with Crippen molar-refractivity contribution >= 4 is 5.96 Å². The first-order valence-corrected chi connectivity index (χ1v) is 8.95. The summed E-state index contributed by atoms with van der Waals surface area (Å²) in [5.74, 6) is 1.13. The summed E-state index contributed by atoms with van der Waals surface area (Å²) in [5.41, 5.74) is 1.91. The molecule has 1 N–H and O–H groups in total. The van der Waals surface area contributed by atoms with E-state index in [9.17, 15) is 4.39 Å². The highest BCUT2D eigenvalue weighted by molar-refractivity contribution is 5.80. The topological polar surface area (TPSA) is 59.0 Å². The summed E-state index contributed by atoms with van der Waals surface area (Å²) >= 11 is 0. The maximum atomic E-state index is 13.2. The molecule has 0 bridgehead atoms. The Hall–Kier alpha value is -2.67. The number of pyridine rings is 1. The quantitative estimate of drug-likeness (QED) is 0.661. The first-order chi connectivity index (χ1) is 13.1. The molecule has 0 spiro atoms. The van der Waals surface area contributed by atoms with Gasteiger partial charge in [0.25, 0.3) is 0 Å². The molecule has 7 heteroatoms. The van der Waals surface area contributed by atoms with Gasteiger partial charge in [0.1, 0.15) is 11.9 Å². The van der Waals surface area contributed by atoms with Gasteiger partial charge in [0.2, 0.25) is 5.88 Å². The van der Waals surface area contributed by atoms with Crippen LogP contribution in [0.1, 0.15) is 24.2 Å². The fraction of sp³-hybridized carbons (Fsp3) is 0.400. The second-order valence-corrected chi connectivity index (χ2v) is 6.46. The van der Waals surface area contributed by atoms with Gasteiger partial charge in [-0.25, -0.2) is 9.37 Å². The lowest BCUT2D eigenvalue weighted by atomic mass is 10.1. The van der Waals surface area contributed by atoms with Crippen LogP contribution in [-0.2, 0) is 11.3 Å². The smallest absolute Gasteiger partial charge is 0.218 e. The van der Waals surface area contributed by atoms with Gasteiger partial charge < -0.3 is 19.7 Å². The number of ether oxygens (including phenoxy) is 2. The van der Waals surface area contributed by atoms with Gasteiger partial charge in [0, 0.05) is 31.9 Å². The largest absolute Gasteiger partial charge is 0.481 e. The van der Waals surface area contributed by atoms with Gasteiger partial charge in [-0.2, -0.15) is 0 Å². The van der Waals surface area contributed by atoms with E-state index in [1.54, 1.807) is 32.5 Å². The number of hydrogen-bond donors (Lipinski definition) is 1. The molecule has 1 aliphatic rings. The molecule has 1 aliphatic heterocycles. The Morgan fingerprint density at radius 2 is 2.11 bits per heavy atom. The molecule has 2 atom stereocenters. The van der Waals surface area contributed by atoms with Crippen LogP contribution >= 0.6 is 0 Å². The lowest BCUT2D eigenvalue weighted by Crippen LogP contribution is -2.50. The Labute approximate surface area is 159 Å². The molecular weight excluding hydrogens is 347 g/mol. The minimum Gasteiger partial charge on any atom is -0.481 e. The van der Waals surface area contributed by atoms with Gasteiger partial charge in [-0.05, 0) is 30.7 Å². The van der Waals surface area contributed by atoms with E-state index in [0.717, 1.165) is 23.6 Å². The first-order valence-electron chi connectivity index (χ1n) is 8.95. The number of aromatic nitrogens is 1. The Morgan fingerprint density at radius 3 is 2.81 bits per heavy atom. The van der Waals surface area contributed by atoms with Crippen molar-refractivity contribution in [1.82, 2.24) is 15.2 Å². The number of nitrogens with one attached hydrogen (secondary N) is 1. The molecule has 27 heavy (non-hydrogen) atoms. The van der Waals surface area contributed by atoms with Crippen LogP contribution in [0.2, 0.25) is 0 Å². The SMILES string of the molecule is CN=C(NCc1cccnc1OC)N1CC(C)OC(c2ccc(F)cc2)C1. The van der Waals surface area contributed by atoms with Crippen molar-refractivity contribution in [3.05, 3.63) is 59.5 Å². The zero-order valence-electron chi connectivity index (χ0n) is 15.9. The van der Waals surface area contributed by atoms with Crippen LogP contribution in [0.4, 0.5) is 4.39 Å². The molecule has 3 rings (SSSR count). The second kappa shape index (κ2) is 8.81. The van der Waals surface area contributed by atoms with Crippen molar-refractivity contribution < 1.29 is 13.9 Å². The summed E-state index contributed by atoms with van der Waals surface area (Å²) in [4.78, 5) is 10.8. The van der Waals surface area contributed by atoms with E-state index in [2.05, 4.69) is 20.2 Å². The summed E-state index contributed by atoms with van der Waals surface area (Å²) in [7, 11) is 3.37. The predicted molar refractivity (Wildman–Crippen MR) is 102 cm³/mol. The molecule has 1 saturated heterocycles. The Morgan fingerprint density at radius 1 is 1.33 bits per heavy atom. The van der Waals surface area contributed by atoms with Gasteiger partial charge in [-0.15, -0.1) is 0 Å². The van der Waals surface area contributed by atoms with Gasteiger partial charge in [0.05, 0.1) is 19.8 Å². The lowest BCUT2D eigenvalue weighted by molar-refractivity contribution is -0.0605. The van der Waals surface area contributed by atoms with Crippen LogP contribution in [0, 0.1) is 5.82 Å². The third-order valence-corrected chi connectivity index (χ3v) is 4.49. The third kappa shape index (κ3) is 4.74. The molecular formula is C20H25FN4O2. The van der Waals surface area contributed by atoms with Crippen LogP contribution in [-0.4, -0.2) is 49.2 Å². The van der Waals surface area contributed by atoms with Crippen molar-refractivity contribution in [2.45, 2.75) is 25.7 Å². The number of halogens is 1. The number of guanidine groups is 1. The normalized spacial score (nSPS) is 20.4. The van der Waals surface area contributed by atoms with E-state index in [1.165, 1.54) is 12.1 Å². The summed E-state index contributed by atoms with van der Waals surface area (Å²) < 4.78 is 24.6. The molecule has 2 aromatic rings. The van der Waals surface area contributed by atoms with Crippen molar-refractivity contribution in [3.63, 3.8) is 0 Å². The van der Waals surface area contributed by atoms with Crippen molar-refractivity contribution in [2.24, 2.45) is 4.99 Å². The van der Waals surface area contributed by atoms with Gasteiger partial charge in [-0.3, -0.25) is 4.99 Å². The molecule has 0 radical (unpaired) electrons. The van der Waals surface area contributed by atoms with Crippen LogP contribution < -0.4 is 10.1 Å². The maximum absolute atomic E-state index is 13.2. The first kappa shape index (κ1) is 19.1. The van der Waals surface area contributed by atoms with E-state index in [-0.39, 0.29) is 18.0 Å². The van der Waals surface area contributed by atoms with E-state index < -0.39 is 0 Å². The van der Waals surface area contributed by atoms with E-state index in [4.69, 9.17) is 9.47 Å². The predicted octanol–water partition coefficient (Wildman–Crippen LogP) is 2.77. The van der Waals surface area contributed by atoms with Crippen molar-refractivity contribution in [1.29, 1.82) is 0 Å². The highest BCUT2D eigenvalue weighted by Gasteiger charge is 2.28. The van der Waals surface area contributed by atoms with E-state index in [0.29, 0.717) is 19.0 Å². The average Bonchev–Trinajstić information content (AvgIpc) is 2.69. The summed E-state index contributed by atoms with van der Waals surface area (Å²) in [5, 5.41) is 3.37. The molecule has 1 aromatic heterocycles. The molecule has 0 amide bonds. The highest BCUT2D eigenvalue weighted by Crippen LogP contribution is 2.25. The summed E-state index contributed by atoms with van der Waals surface area (Å²) in [6, 6.07) is 10.3. The zero-order valence-corrected chi connectivity index (χ0v) is 15.9. The number of benzene rings is 1.